The van der Waals surface area contributed by atoms with E-state index in [0.29, 0.717) is 0 Å². The van der Waals surface area contributed by atoms with Gasteiger partial charge in [0.1, 0.15) is 0 Å². The van der Waals surface area contributed by atoms with Crippen molar-refractivity contribution in [3.8, 4) is 0 Å². The minimum Gasteiger partial charge on any atom is -0.399 e. The molecule has 0 aliphatic heterocycles. The van der Waals surface area contributed by atoms with Gasteiger partial charge in [-0.2, -0.15) is 0 Å². The van der Waals surface area contributed by atoms with Gasteiger partial charge in [-0.05, 0) is 17.2 Å². The second kappa shape index (κ2) is 3.76. The molecule has 66 valence electrons. The Hall–Kier alpha value is -0.763. The first-order chi connectivity index (χ1) is 5.66. The van der Waals surface area contributed by atoms with E-state index in [1.165, 1.54) is 10.8 Å². The molecule has 0 amide bonds. The van der Waals surface area contributed by atoms with E-state index in [2.05, 4.69) is 38.2 Å². The van der Waals surface area contributed by atoms with Crippen molar-refractivity contribution in [1.82, 2.24) is 0 Å². The summed E-state index contributed by atoms with van der Waals surface area (Å²) in [5, 5.41) is 1.41. The normalized spacial score (nSPS) is 10.7. The first kappa shape index (κ1) is 9.33. The van der Waals surface area contributed by atoms with Crippen molar-refractivity contribution in [1.29, 1.82) is 0 Å². The first-order valence-corrected chi connectivity index (χ1v) is 7.42. The molecule has 1 aromatic rings. The van der Waals surface area contributed by atoms with Gasteiger partial charge in [0, 0.05) is 5.69 Å². The van der Waals surface area contributed by atoms with Gasteiger partial charge in [-0.25, -0.2) is 0 Å². The fourth-order valence-corrected chi connectivity index (χ4v) is 2.75. The maximum absolute atomic E-state index is 6.03. The summed E-state index contributed by atoms with van der Waals surface area (Å²) in [4.78, 5) is 0. The molecule has 0 aliphatic rings. The van der Waals surface area contributed by atoms with Crippen LogP contribution in [-0.4, -0.2) is 8.80 Å². The Balaban J connectivity index is 3.14. The number of para-hydroxylation sites is 1. The molecule has 1 aromatic carbocycles. The van der Waals surface area contributed by atoms with Crippen LogP contribution in [0.1, 0.15) is 12.5 Å². The number of rotatable bonds is 2. The Labute approximate surface area is 76.2 Å². The average molecular weight is 179 g/mol. The second-order valence-corrected chi connectivity index (χ2v) is 6.36. The lowest BCUT2D eigenvalue weighted by atomic mass is 10.1. The molecular weight excluding hydrogens is 162 g/mol. The summed E-state index contributed by atoms with van der Waals surface area (Å²) in [7, 11) is -0.735. The molecule has 0 atom stereocenters. The first-order valence-electron chi connectivity index (χ1n) is 4.54. The van der Waals surface area contributed by atoms with Crippen molar-refractivity contribution in [3.63, 3.8) is 0 Å². The molecule has 0 saturated heterocycles. The number of hydrogen-bond donors (Lipinski definition) is 1. The van der Waals surface area contributed by atoms with Crippen molar-refractivity contribution in [2.75, 3.05) is 5.73 Å². The molecule has 0 aliphatic carbocycles. The quantitative estimate of drug-likeness (QED) is 0.541. The zero-order valence-electron chi connectivity index (χ0n) is 8.09. The predicted octanol–water partition coefficient (Wildman–Crippen LogP) is 1.52. The third-order valence-corrected chi connectivity index (χ3v) is 3.98. The van der Waals surface area contributed by atoms with Gasteiger partial charge in [-0.15, -0.1) is 0 Å². The summed E-state index contributed by atoms with van der Waals surface area (Å²) in [5.74, 6) is 0. The Bertz CT molecular complexity index is 269. The van der Waals surface area contributed by atoms with Crippen LogP contribution in [-0.2, 0) is 6.42 Å². The van der Waals surface area contributed by atoms with Gasteiger partial charge >= 0.3 is 0 Å². The van der Waals surface area contributed by atoms with E-state index in [-0.39, 0.29) is 0 Å². The molecule has 0 unspecified atom stereocenters. The summed E-state index contributed by atoms with van der Waals surface area (Å²) < 4.78 is 0. The monoisotopic (exact) mass is 179 g/mol. The minimum atomic E-state index is -0.735. The van der Waals surface area contributed by atoms with Crippen LogP contribution >= 0.6 is 0 Å². The number of aryl methyl sites for hydroxylation is 1. The molecule has 2 N–H and O–H groups in total. The average Bonchev–Trinajstić information content (AvgIpc) is 2.04. The number of benzene rings is 1. The fourth-order valence-electron chi connectivity index (χ4n) is 1.44. The highest BCUT2D eigenvalue weighted by atomic mass is 28.3. The number of anilines is 1. The van der Waals surface area contributed by atoms with Crippen LogP contribution in [0.15, 0.2) is 18.2 Å². The van der Waals surface area contributed by atoms with Gasteiger partial charge in [0.2, 0.25) is 0 Å². The zero-order chi connectivity index (χ0) is 9.14. The Morgan fingerprint density at radius 1 is 1.33 bits per heavy atom. The van der Waals surface area contributed by atoms with Crippen LogP contribution in [0.25, 0.3) is 0 Å². The molecule has 0 heterocycles. The van der Waals surface area contributed by atoms with E-state index in [1.54, 1.807) is 0 Å². The second-order valence-electron chi connectivity index (χ2n) is 3.43. The third-order valence-electron chi connectivity index (χ3n) is 2.23. The molecule has 0 bridgehead atoms. The highest BCUT2D eigenvalue weighted by Crippen LogP contribution is 2.09. The van der Waals surface area contributed by atoms with E-state index in [9.17, 15) is 0 Å². The number of hydrogen-bond acceptors (Lipinski definition) is 1. The van der Waals surface area contributed by atoms with E-state index in [4.69, 9.17) is 5.73 Å². The van der Waals surface area contributed by atoms with E-state index in [0.717, 1.165) is 12.1 Å². The van der Waals surface area contributed by atoms with Gasteiger partial charge in [0.25, 0.3) is 0 Å². The van der Waals surface area contributed by atoms with E-state index < -0.39 is 8.80 Å². The SMILES string of the molecule is CCc1cccc([SiH](C)C)c1N. The number of nitrogen functional groups attached to an aromatic ring is 1. The van der Waals surface area contributed by atoms with Crippen molar-refractivity contribution in [3.05, 3.63) is 23.8 Å². The molecule has 0 aromatic heterocycles. The highest BCUT2D eigenvalue weighted by molar-refractivity contribution is 6.72. The van der Waals surface area contributed by atoms with Crippen molar-refractivity contribution in [2.24, 2.45) is 0 Å². The third kappa shape index (κ3) is 1.69. The standard InChI is InChI=1S/C10H17NSi/c1-4-8-6-5-7-9(10(8)11)12(2)3/h5-7,12H,4,11H2,1-3H3. The molecule has 2 heteroatoms. The van der Waals surface area contributed by atoms with Gasteiger partial charge in [0.05, 0.1) is 8.80 Å². The van der Waals surface area contributed by atoms with Crippen LogP contribution in [0.4, 0.5) is 5.69 Å². The zero-order valence-corrected chi connectivity index (χ0v) is 9.25. The van der Waals surface area contributed by atoms with Crippen LogP contribution in [0.3, 0.4) is 0 Å². The lowest BCUT2D eigenvalue weighted by Crippen LogP contribution is -2.26. The van der Waals surface area contributed by atoms with Gasteiger partial charge in [-0.1, -0.05) is 38.2 Å². The van der Waals surface area contributed by atoms with Gasteiger partial charge in [-0.3, -0.25) is 0 Å². The summed E-state index contributed by atoms with van der Waals surface area (Å²) in [6.45, 7) is 6.77. The molecule has 0 saturated carbocycles. The highest BCUT2D eigenvalue weighted by Gasteiger charge is 2.06. The van der Waals surface area contributed by atoms with Crippen LogP contribution in [0, 0.1) is 0 Å². The molecule has 12 heavy (non-hydrogen) atoms. The topological polar surface area (TPSA) is 26.0 Å². The van der Waals surface area contributed by atoms with Gasteiger partial charge in [0.15, 0.2) is 0 Å². The largest absolute Gasteiger partial charge is 0.399 e. The van der Waals surface area contributed by atoms with Crippen molar-refractivity contribution >= 4 is 19.7 Å². The minimum absolute atomic E-state index is 0.735. The molecule has 1 nitrogen and oxygen atoms in total. The smallest absolute Gasteiger partial charge is 0.0674 e. The molecular formula is C10H17NSi. The Kier molecular flexibility index (Phi) is 2.92. The Morgan fingerprint density at radius 3 is 2.50 bits per heavy atom. The van der Waals surface area contributed by atoms with E-state index >= 15 is 0 Å². The summed E-state index contributed by atoms with van der Waals surface area (Å²) >= 11 is 0. The van der Waals surface area contributed by atoms with E-state index in [1.807, 2.05) is 0 Å². The van der Waals surface area contributed by atoms with Gasteiger partial charge < -0.3 is 5.73 Å². The summed E-state index contributed by atoms with van der Waals surface area (Å²) in [6, 6.07) is 6.42. The Morgan fingerprint density at radius 2 is 2.00 bits per heavy atom. The lowest BCUT2D eigenvalue weighted by molar-refractivity contribution is 1.15. The molecule has 0 radical (unpaired) electrons. The number of nitrogens with two attached hydrogens (primary N) is 1. The predicted molar refractivity (Wildman–Crippen MR) is 58.7 cm³/mol. The summed E-state index contributed by atoms with van der Waals surface area (Å²) in [5.41, 5.74) is 8.37. The summed E-state index contributed by atoms with van der Waals surface area (Å²) in [6.07, 6.45) is 1.04. The molecule has 0 fully saturated rings. The maximum atomic E-state index is 6.03. The van der Waals surface area contributed by atoms with Crippen molar-refractivity contribution in [2.45, 2.75) is 26.4 Å². The fraction of sp³-hybridized carbons (Fsp3) is 0.400. The lowest BCUT2D eigenvalue weighted by Gasteiger charge is -2.11. The van der Waals surface area contributed by atoms with Crippen LogP contribution < -0.4 is 10.9 Å². The van der Waals surface area contributed by atoms with Crippen LogP contribution in [0.2, 0.25) is 13.1 Å². The molecule has 1 rings (SSSR count). The maximum Gasteiger partial charge on any atom is 0.0674 e. The van der Waals surface area contributed by atoms with Crippen molar-refractivity contribution < 1.29 is 0 Å². The van der Waals surface area contributed by atoms with Crippen LogP contribution in [0.5, 0.6) is 0 Å². The molecule has 0 spiro atoms.